The SMILES string of the molecule is COc1cc(CCC(=O)Nc2ccccc2Oc2ccccc2)cc(OC)c1. The molecule has 0 aromatic heterocycles. The van der Waals surface area contributed by atoms with E-state index in [1.807, 2.05) is 66.7 Å². The van der Waals surface area contributed by atoms with Gasteiger partial charge in [-0.3, -0.25) is 4.79 Å². The highest BCUT2D eigenvalue weighted by Gasteiger charge is 2.10. The number of benzene rings is 3. The van der Waals surface area contributed by atoms with Crippen LogP contribution in [-0.2, 0) is 11.2 Å². The lowest BCUT2D eigenvalue weighted by Crippen LogP contribution is -2.13. The number of methoxy groups -OCH3 is 2. The number of hydrogen-bond donors (Lipinski definition) is 1. The summed E-state index contributed by atoms with van der Waals surface area (Å²) in [5.74, 6) is 2.64. The van der Waals surface area contributed by atoms with Crippen molar-refractivity contribution in [2.24, 2.45) is 0 Å². The average molecular weight is 377 g/mol. The molecule has 0 aliphatic rings. The first-order chi connectivity index (χ1) is 13.7. The van der Waals surface area contributed by atoms with E-state index in [4.69, 9.17) is 14.2 Å². The molecule has 0 saturated carbocycles. The smallest absolute Gasteiger partial charge is 0.224 e. The van der Waals surface area contributed by atoms with Gasteiger partial charge in [-0.2, -0.15) is 0 Å². The molecule has 1 N–H and O–H groups in total. The minimum Gasteiger partial charge on any atom is -0.497 e. The van der Waals surface area contributed by atoms with E-state index < -0.39 is 0 Å². The Morgan fingerprint density at radius 1 is 0.821 bits per heavy atom. The number of rotatable bonds is 8. The Hall–Kier alpha value is -3.47. The van der Waals surface area contributed by atoms with Gasteiger partial charge in [0.25, 0.3) is 0 Å². The molecule has 0 spiro atoms. The van der Waals surface area contributed by atoms with Gasteiger partial charge in [0.2, 0.25) is 5.91 Å². The van der Waals surface area contributed by atoms with Crippen LogP contribution in [0.5, 0.6) is 23.0 Å². The highest BCUT2D eigenvalue weighted by atomic mass is 16.5. The molecular formula is C23H23NO4. The second-order valence-corrected chi connectivity index (χ2v) is 6.18. The van der Waals surface area contributed by atoms with Crippen LogP contribution in [0.4, 0.5) is 5.69 Å². The molecule has 0 heterocycles. The average Bonchev–Trinajstić information content (AvgIpc) is 2.74. The second kappa shape index (κ2) is 9.46. The van der Waals surface area contributed by atoms with Crippen LogP contribution in [0.25, 0.3) is 0 Å². The van der Waals surface area contributed by atoms with Crippen molar-refractivity contribution in [3.8, 4) is 23.0 Å². The summed E-state index contributed by atoms with van der Waals surface area (Å²) in [6, 6.07) is 22.5. The van der Waals surface area contributed by atoms with Crippen LogP contribution < -0.4 is 19.5 Å². The molecule has 3 aromatic rings. The number of amides is 1. The van der Waals surface area contributed by atoms with E-state index in [1.165, 1.54) is 0 Å². The third-order valence-electron chi connectivity index (χ3n) is 4.18. The molecule has 0 radical (unpaired) electrons. The maximum Gasteiger partial charge on any atom is 0.224 e. The predicted molar refractivity (Wildman–Crippen MR) is 109 cm³/mol. The molecule has 5 nitrogen and oxygen atoms in total. The fourth-order valence-corrected chi connectivity index (χ4v) is 2.76. The summed E-state index contributed by atoms with van der Waals surface area (Å²) < 4.78 is 16.4. The van der Waals surface area contributed by atoms with Gasteiger partial charge in [-0.15, -0.1) is 0 Å². The van der Waals surface area contributed by atoms with E-state index in [1.54, 1.807) is 20.3 Å². The summed E-state index contributed by atoms with van der Waals surface area (Å²) in [7, 11) is 3.21. The third kappa shape index (κ3) is 5.27. The Bertz CT molecular complexity index is 903. The topological polar surface area (TPSA) is 56.8 Å². The molecule has 3 rings (SSSR count). The molecule has 1 amide bonds. The molecule has 0 atom stereocenters. The van der Waals surface area contributed by atoms with Crippen LogP contribution in [-0.4, -0.2) is 20.1 Å². The van der Waals surface area contributed by atoms with Crippen LogP contribution in [0.3, 0.4) is 0 Å². The summed E-state index contributed by atoms with van der Waals surface area (Å²) in [5.41, 5.74) is 1.61. The molecule has 0 saturated heterocycles. The third-order valence-corrected chi connectivity index (χ3v) is 4.18. The molecule has 144 valence electrons. The van der Waals surface area contributed by atoms with E-state index in [-0.39, 0.29) is 5.91 Å². The van der Waals surface area contributed by atoms with Crippen LogP contribution in [0.2, 0.25) is 0 Å². The number of carbonyl (C=O) groups excluding carboxylic acids is 1. The van der Waals surface area contributed by atoms with Crippen molar-refractivity contribution in [1.29, 1.82) is 0 Å². The fourth-order valence-electron chi connectivity index (χ4n) is 2.76. The lowest BCUT2D eigenvalue weighted by atomic mass is 10.1. The first-order valence-corrected chi connectivity index (χ1v) is 9.01. The van der Waals surface area contributed by atoms with Crippen LogP contribution in [0.1, 0.15) is 12.0 Å². The van der Waals surface area contributed by atoms with E-state index in [2.05, 4.69) is 5.32 Å². The summed E-state index contributed by atoms with van der Waals surface area (Å²) in [4.78, 5) is 12.5. The molecule has 0 bridgehead atoms. The Balaban J connectivity index is 1.64. The van der Waals surface area contributed by atoms with Crippen LogP contribution in [0.15, 0.2) is 72.8 Å². The normalized spacial score (nSPS) is 10.2. The monoisotopic (exact) mass is 377 g/mol. The summed E-state index contributed by atoms with van der Waals surface area (Å²) >= 11 is 0. The lowest BCUT2D eigenvalue weighted by Gasteiger charge is -2.12. The zero-order valence-electron chi connectivity index (χ0n) is 16.0. The van der Waals surface area contributed by atoms with E-state index in [0.717, 1.165) is 5.56 Å². The van der Waals surface area contributed by atoms with Crippen molar-refractivity contribution in [3.63, 3.8) is 0 Å². The van der Waals surface area contributed by atoms with Crippen molar-refractivity contribution in [3.05, 3.63) is 78.4 Å². The minimum atomic E-state index is -0.0918. The molecule has 0 aliphatic heterocycles. The minimum absolute atomic E-state index is 0.0918. The number of ether oxygens (including phenoxy) is 3. The van der Waals surface area contributed by atoms with Crippen molar-refractivity contribution >= 4 is 11.6 Å². The van der Waals surface area contributed by atoms with Gasteiger partial charge in [-0.05, 0) is 48.4 Å². The Morgan fingerprint density at radius 3 is 2.14 bits per heavy atom. The number of anilines is 1. The van der Waals surface area contributed by atoms with E-state index in [0.29, 0.717) is 41.5 Å². The molecule has 5 heteroatoms. The number of aryl methyl sites for hydroxylation is 1. The van der Waals surface area contributed by atoms with Crippen molar-refractivity contribution in [2.45, 2.75) is 12.8 Å². The van der Waals surface area contributed by atoms with Crippen molar-refractivity contribution < 1.29 is 19.0 Å². The van der Waals surface area contributed by atoms with Gasteiger partial charge in [0, 0.05) is 12.5 Å². The largest absolute Gasteiger partial charge is 0.497 e. The molecule has 28 heavy (non-hydrogen) atoms. The standard InChI is InChI=1S/C23H23NO4/c1-26-19-14-17(15-20(16-19)27-2)12-13-23(25)24-21-10-6-7-11-22(21)28-18-8-4-3-5-9-18/h3-11,14-16H,12-13H2,1-2H3,(H,24,25). The van der Waals surface area contributed by atoms with Gasteiger partial charge in [0.1, 0.15) is 17.2 Å². The first kappa shape index (κ1) is 19.3. The van der Waals surface area contributed by atoms with Gasteiger partial charge in [0.05, 0.1) is 19.9 Å². The Morgan fingerprint density at radius 2 is 1.46 bits per heavy atom. The number of nitrogens with one attached hydrogen (secondary N) is 1. The van der Waals surface area contributed by atoms with Gasteiger partial charge in [0.15, 0.2) is 5.75 Å². The quantitative estimate of drug-likeness (QED) is 0.596. The predicted octanol–water partition coefficient (Wildman–Crippen LogP) is 5.07. The Labute approximate surface area is 164 Å². The number of carbonyl (C=O) groups is 1. The van der Waals surface area contributed by atoms with Gasteiger partial charge >= 0.3 is 0 Å². The zero-order valence-corrected chi connectivity index (χ0v) is 16.0. The fraction of sp³-hybridized carbons (Fsp3) is 0.174. The number of para-hydroxylation sites is 3. The molecular weight excluding hydrogens is 354 g/mol. The van der Waals surface area contributed by atoms with Crippen LogP contribution >= 0.6 is 0 Å². The van der Waals surface area contributed by atoms with Gasteiger partial charge in [-0.25, -0.2) is 0 Å². The van der Waals surface area contributed by atoms with E-state index in [9.17, 15) is 4.79 Å². The maximum atomic E-state index is 12.5. The second-order valence-electron chi connectivity index (χ2n) is 6.18. The van der Waals surface area contributed by atoms with Gasteiger partial charge < -0.3 is 19.5 Å². The summed E-state index contributed by atoms with van der Waals surface area (Å²) in [6.45, 7) is 0. The highest BCUT2D eigenvalue weighted by Crippen LogP contribution is 2.29. The van der Waals surface area contributed by atoms with Gasteiger partial charge in [-0.1, -0.05) is 30.3 Å². The van der Waals surface area contributed by atoms with Crippen molar-refractivity contribution in [1.82, 2.24) is 0 Å². The zero-order chi connectivity index (χ0) is 19.8. The highest BCUT2D eigenvalue weighted by molar-refractivity contribution is 5.92. The van der Waals surface area contributed by atoms with E-state index >= 15 is 0 Å². The first-order valence-electron chi connectivity index (χ1n) is 9.01. The summed E-state index contributed by atoms with van der Waals surface area (Å²) in [5, 5.41) is 2.93. The molecule has 0 aliphatic carbocycles. The number of hydrogen-bond acceptors (Lipinski definition) is 4. The van der Waals surface area contributed by atoms with Crippen LogP contribution in [0, 0.1) is 0 Å². The summed E-state index contributed by atoms with van der Waals surface area (Å²) in [6.07, 6.45) is 0.900. The molecule has 3 aromatic carbocycles. The molecule has 0 unspecified atom stereocenters. The maximum absolute atomic E-state index is 12.5. The Kier molecular flexibility index (Phi) is 6.52. The van der Waals surface area contributed by atoms with Crippen molar-refractivity contribution in [2.75, 3.05) is 19.5 Å². The molecule has 0 fully saturated rings. The lowest BCUT2D eigenvalue weighted by molar-refractivity contribution is -0.116.